The minimum atomic E-state index is -0.594. The van der Waals surface area contributed by atoms with E-state index in [1.54, 1.807) is 17.0 Å². The summed E-state index contributed by atoms with van der Waals surface area (Å²) < 4.78 is 5.20. The summed E-state index contributed by atoms with van der Waals surface area (Å²) in [5.41, 5.74) is 2.15. The van der Waals surface area contributed by atoms with Crippen LogP contribution in [0.25, 0.3) is 0 Å². The van der Waals surface area contributed by atoms with Crippen molar-refractivity contribution in [3.8, 4) is 0 Å². The minimum Gasteiger partial charge on any atom is -0.378 e. The number of morpholine rings is 1. The summed E-state index contributed by atoms with van der Waals surface area (Å²) in [5.74, 6) is -0.768. The summed E-state index contributed by atoms with van der Waals surface area (Å²) >= 11 is 0. The second-order valence-corrected chi connectivity index (χ2v) is 7.80. The molecule has 1 aliphatic carbocycles. The fourth-order valence-electron chi connectivity index (χ4n) is 4.38. The van der Waals surface area contributed by atoms with Gasteiger partial charge in [-0.3, -0.25) is 19.6 Å². The summed E-state index contributed by atoms with van der Waals surface area (Å²) in [5, 5.41) is 13.5. The number of hydrogen-bond acceptors (Lipinski definition) is 5. The van der Waals surface area contributed by atoms with Crippen molar-refractivity contribution in [3.05, 3.63) is 34.9 Å². The number of nitrogens with zero attached hydrogens (tertiary/aromatic N) is 2. The number of carbonyl (C=O) groups excluding carboxylic acids is 3. The van der Waals surface area contributed by atoms with Gasteiger partial charge in [-0.15, -0.1) is 0 Å². The molecule has 0 radical (unpaired) electrons. The van der Waals surface area contributed by atoms with Crippen LogP contribution in [0.1, 0.15) is 34.3 Å². The summed E-state index contributed by atoms with van der Waals surface area (Å²) in [7, 11) is 0. The summed E-state index contributed by atoms with van der Waals surface area (Å²) in [6.45, 7) is 2.22. The van der Waals surface area contributed by atoms with Gasteiger partial charge >= 0.3 is 0 Å². The van der Waals surface area contributed by atoms with Crippen LogP contribution in [0, 0.1) is 5.41 Å². The molecule has 2 saturated heterocycles. The van der Waals surface area contributed by atoms with Crippen LogP contribution < -0.4 is 5.32 Å². The number of fused-ring (bicyclic) bond motifs is 1. The SMILES string of the molecule is O=C(c1ccc2c(c1)CC[C@@]1(CCNC1=O)C2)N(O)CC(=O)N1CCOCC1. The molecule has 2 fully saturated rings. The maximum Gasteiger partial charge on any atom is 0.277 e. The second-order valence-electron chi connectivity index (χ2n) is 7.80. The predicted octanol–water partition coefficient (Wildman–Crippen LogP) is 0.372. The Hall–Kier alpha value is -2.45. The number of hydrogen-bond donors (Lipinski definition) is 2. The van der Waals surface area contributed by atoms with Gasteiger partial charge in [-0.25, -0.2) is 5.06 Å². The van der Waals surface area contributed by atoms with Crippen molar-refractivity contribution in [3.63, 3.8) is 0 Å². The largest absolute Gasteiger partial charge is 0.378 e. The average molecular weight is 387 g/mol. The number of rotatable bonds is 3. The van der Waals surface area contributed by atoms with Gasteiger partial charge in [0.1, 0.15) is 6.54 Å². The molecule has 0 aromatic heterocycles. The Kier molecular flexibility index (Phi) is 5.07. The predicted molar refractivity (Wildman–Crippen MR) is 98.7 cm³/mol. The lowest BCUT2D eigenvalue weighted by Gasteiger charge is -2.32. The van der Waals surface area contributed by atoms with Gasteiger partial charge in [-0.2, -0.15) is 0 Å². The lowest BCUT2D eigenvalue weighted by atomic mass is 9.70. The monoisotopic (exact) mass is 387 g/mol. The van der Waals surface area contributed by atoms with Crippen LogP contribution >= 0.6 is 0 Å². The van der Waals surface area contributed by atoms with Crippen molar-refractivity contribution in [1.29, 1.82) is 0 Å². The molecule has 8 heteroatoms. The normalized spacial score (nSPS) is 24.0. The zero-order chi connectivity index (χ0) is 19.7. The fraction of sp³-hybridized carbons (Fsp3) is 0.550. The Morgan fingerprint density at radius 2 is 2.00 bits per heavy atom. The van der Waals surface area contributed by atoms with Crippen molar-refractivity contribution >= 4 is 17.7 Å². The van der Waals surface area contributed by atoms with Gasteiger partial charge in [0.15, 0.2) is 0 Å². The van der Waals surface area contributed by atoms with Crippen LogP contribution in [-0.2, 0) is 27.2 Å². The molecule has 0 bridgehead atoms. The van der Waals surface area contributed by atoms with Crippen molar-refractivity contribution in [2.45, 2.75) is 25.7 Å². The topological polar surface area (TPSA) is 99.2 Å². The number of carbonyl (C=O) groups is 3. The van der Waals surface area contributed by atoms with Gasteiger partial charge in [0, 0.05) is 25.2 Å². The van der Waals surface area contributed by atoms with Crippen molar-refractivity contribution in [2.24, 2.45) is 5.41 Å². The van der Waals surface area contributed by atoms with Gasteiger partial charge in [-0.05, 0) is 48.9 Å². The van der Waals surface area contributed by atoms with Crippen LogP contribution in [0.3, 0.4) is 0 Å². The smallest absolute Gasteiger partial charge is 0.277 e. The highest BCUT2D eigenvalue weighted by molar-refractivity contribution is 5.96. The van der Waals surface area contributed by atoms with Crippen LogP contribution in [0.15, 0.2) is 18.2 Å². The molecule has 0 unspecified atom stereocenters. The molecule has 28 heavy (non-hydrogen) atoms. The van der Waals surface area contributed by atoms with Gasteiger partial charge in [-0.1, -0.05) is 6.07 Å². The maximum absolute atomic E-state index is 12.6. The van der Waals surface area contributed by atoms with Gasteiger partial charge in [0.2, 0.25) is 11.8 Å². The molecular formula is C20H25N3O5. The second kappa shape index (κ2) is 7.52. The lowest BCUT2D eigenvalue weighted by Crippen LogP contribution is -2.46. The van der Waals surface area contributed by atoms with E-state index in [0.29, 0.717) is 43.4 Å². The molecular weight excluding hydrogens is 362 g/mol. The van der Waals surface area contributed by atoms with E-state index in [1.165, 1.54) is 0 Å². The molecule has 0 saturated carbocycles. The number of amides is 3. The molecule has 4 rings (SSSR count). The zero-order valence-electron chi connectivity index (χ0n) is 15.8. The van der Waals surface area contributed by atoms with Crippen LogP contribution in [0.5, 0.6) is 0 Å². The summed E-state index contributed by atoms with van der Waals surface area (Å²) in [4.78, 5) is 38.6. The average Bonchev–Trinajstić information content (AvgIpc) is 3.07. The Morgan fingerprint density at radius 3 is 2.71 bits per heavy atom. The molecule has 1 spiro atoms. The van der Waals surface area contributed by atoms with Gasteiger partial charge in [0.05, 0.1) is 18.6 Å². The van der Waals surface area contributed by atoms with Gasteiger partial charge < -0.3 is 15.0 Å². The first-order valence-electron chi connectivity index (χ1n) is 9.75. The molecule has 1 aromatic carbocycles. The third kappa shape index (κ3) is 3.49. The molecule has 3 aliphatic rings. The first kappa shape index (κ1) is 18.9. The van der Waals surface area contributed by atoms with E-state index >= 15 is 0 Å². The Bertz CT molecular complexity index is 805. The number of aryl methyl sites for hydroxylation is 1. The zero-order valence-corrected chi connectivity index (χ0v) is 15.8. The molecule has 150 valence electrons. The van der Waals surface area contributed by atoms with Crippen molar-refractivity contribution < 1.29 is 24.3 Å². The van der Waals surface area contributed by atoms with Crippen molar-refractivity contribution in [2.75, 3.05) is 39.4 Å². The van der Waals surface area contributed by atoms with E-state index in [0.717, 1.165) is 36.9 Å². The summed E-state index contributed by atoms with van der Waals surface area (Å²) in [6.07, 6.45) is 3.02. The van der Waals surface area contributed by atoms with Crippen LogP contribution in [0.2, 0.25) is 0 Å². The third-order valence-corrected chi connectivity index (χ3v) is 6.11. The maximum atomic E-state index is 12.6. The number of ether oxygens (including phenoxy) is 1. The molecule has 3 amide bonds. The first-order chi connectivity index (χ1) is 13.5. The minimum absolute atomic E-state index is 0.126. The van der Waals surface area contributed by atoms with Gasteiger partial charge in [0.25, 0.3) is 5.91 Å². The fourth-order valence-corrected chi connectivity index (χ4v) is 4.38. The number of hydroxylamine groups is 2. The Morgan fingerprint density at radius 1 is 1.21 bits per heavy atom. The summed E-state index contributed by atoms with van der Waals surface area (Å²) in [6, 6.07) is 5.31. The van der Waals surface area contributed by atoms with Crippen molar-refractivity contribution in [1.82, 2.24) is 15.3 Å². The quantitative estimate of drug-likeness (QED) is 0.577. The Balaban J connectivity index is 1.42. The molecule has 2 aliphatic heterocycles. The lowest BCUT2D eigenvalue weighted by molar-refractivity contribution is -0.144. The van der Waals surface area contributed by atoms with E-state index in [-0.39, 0.29) is 23.8 Å². The van der Waals surface area contributed by atoms with E-state index in [2.05, 4.69) is 5.32 Å². The van der Waals surface area contributed by atoms with E-state index in [4.69, 9.17) is 4.74 Å². The molecule has 2 heterocycles. The molecule has 1 aromatic rings. The van der Waals surface area contributed by atoms with E-state index in [9.17, 15) is 19.6 Å². The Labute approximate surface area is 163 Å². The molecule has 8 nitrogen and oxygen atoms in total. The highest BCUT2D eigenvalue weighted by Gasteiger charge is 2.44. The number of benzene rings is 1. The highest BCUT2D eigenvalue weighted by Crippen LogP contribution is 2.41. The molecule has 1 atom stereocenters. The first-order valence-corrected chi connectivity index (χ1v) is 9.75. The van der Waals surface area contributed by atoms with E-state index in [1.807, 2.05) is 6.07 Å². The third-order valence-electron chi connectivity index (χ3n) is 6.11. The van der Waals surface area contributed by atoms with Crippen LogP contribution in [-0.4, -0.2) is 72.3 Å². The van der Waals surface area contributed by atoms with E-state index < -0.39 is 5.91 Å². The molecule has 2 N–H and O–H groups in total. The number of nitrogens with one attached hydrogen (secondary N) is 1. The van der Waals surface area contributed by atoms with Crippen LogP contribution in [0.4, 0.5) is 0 Å². The standard InChI is InChI=1S/C20H25N3O5/c24-17(22-7-9-28-10-8-22)13-23(27)18(25)15-1-2-16-12-20(4-3-14(16)11-15)5-6-21-19(20)26/h1-2,11,27H,3-10,12-13H2,(H,21,26)/t20-/m1/s1. The highest BCUT2D eigenvalue weighted by atomic mass is 16.5.